The molecular weight excluding hydrogens is 889 g/mol. The van der Waals surface area contributed by atoms with Gasteiger partial charge in [0.25, 0.3) is 0 Å². The zero-order valence-electron chi connectivity index (χ0n) is 40.6. The van der Waals surface area contributed by atoms with Gasteiger partial charge in [-0.1, -0.05) is 57.2 Å². The molecule has 1 spiro atoms. The number of amides is 3. The van der Waals surface area contributed by atoms with Crippen LogP contribution in [0.2, 0.25) is 0 Å². The summed E-state index contributed by atoms with van der Waals surface area (Å²) in [6.45, 7) is 11.9. The molecule has 6 N–H and O–H groups in total. The number of piperidine rings is 1. The van der Waals surface area contributed by atoms with Gasteiger partial charge in [0.15, 0.2) is 5.82 Å². The Morgan fingerprint density at radius 2 is 1.58 bits per heavy atom. The van der Waals surface area contributed by atoms with Gasteiger partial charge in [0.2, 0.25) is 17.7 Å². The van der Waals surface area contributed by atoms with E-state index in [9.17, 15) is 24.6 Å². The van der Waals surface area contributed by atoms with E-state index in [1.54, 1.807) is 23.5 Å². The van der Waals surface area contributed by atoms with Crippen molar-refractivity contribution in [3.8, 4) is 38.6 Å². The Labute approximate surface area is 409 Å². The fourth-order valence-electron chi connectivity index (χ4n) is 11.5. The number of phenolic OH excluding ortho intramolecular Hbond substituents is 1. The largest absolute Gasteiger partial charge is 0.507 e. The lowest BCUT2D eigenvalue weighted by Gasteiger charge is -2.48. The van der Waals surface area contributed by atoms with Gasteiger partial charge in [-0.2, -0.15) is 5.10 Å². The molecule has 3 aromatic heterocycles. The average Bonchev–Trinajstić information content (AvgIpc) is 4.11. The number of thiazole rings is 1. The molecule has 366 valence electrons. The maximum Gasteiger partial charge on any atom is 0.246 e. The third-order valence-electron chi connectivity index (χ3n) is 15.8. The standard InChI is InChI=1S/C53H68N10O5S/c1-32(34-10-12-35(13-11-34)46-33(2)55-31-69-46)57-50(67)44-26-40(64)30-62(44)51(68)47(52(3,4)5)58-49(66)36-14-16-38(17-15-36)61-24-22-53(23-25-61)20-18-39(19-21-53)63-29-37(28-56-63)42-27-43(59-60-48(42)54)41-8-6-7-9-45(41)65/h6-13,27-29,31-32,36,38-40,44,47,64-65H,14-26,30H2,1-5H3,(H2,54,60)(H,57,67)(H,58,66)/t32-,36?,38?,40+,44-,47+/m1/s1. The molecule has 16 heteroatoms. The zero-order chi connectivity index (χ0) is 48.6. The summed E-state index contributed by atoms with van der Waals surface area (Å²) in [5, 5.41) is 40.6. The molecule has 4 aliphatic rings. The number of aromatic hydroxyl groups is 1. The predicted molar refractivity (Wildman–Crippen MR) is 268 cm³/mol. The van der Waals surface area contributed by atoms with Gasteiger partial charge >= 0.3 is 0 Å². The first-order valence-electron chi connectivity index (χ1n) is 24.9. The molecule has 9 rings (SSSR count). The molecule has 5 aromatic rings. The second-order valence-electron chi connectivity index (χ2n) is 21.3. The number of hydrogen-bond donors (Lipinski definition) is 5. The molecule has 2 aliphatic carbocycles. The van der Waals surface area contributed by atoms with Gasteiger partial charge in [0.1, 0.15) is 17.8 Å². The molecular formula is C53H68N10O5S. The van der Waals surface area contributed by atoms with Crippen LogP contribution in [0, 0.1) is 23.7 Å². The topological polar surface area (TPSA) is 205 Å². The second kappa shape index (κ2) is 20.0. The average molecular weight is 957 g/mol. The number of β-amino-alcohol motifs (C(OH)–C–C–N with tert-alkyl or cyclic N) is 1. The van der Waals surface area contributed by atoms with E-state index in [2.05, 4.69) is 41.6 Å². The summed E-state index contributed by atoms with van der Waals surface area (Å²) in [6.07, 6.45) is 13.5. The lowest BCUT2D eigenvalue weighted by molar-refractivity contribution is -0.145. The number of aliphatic hydroxyl groups is 1. The van der Waals surface area contributed by atoms with Crippen molar-refractivity contribution in [1.29, 1.82) is 0 Å². The van der Waals surface area contributed by atoms with Crippen LogP contribution in [0.15, 0.2) is 72.5 Å². The highest BCUT2D eigenvalue weighted by atomic mass is 32.1. The Kier molecular flexibility index (Phi) is 14.0. The number of para-hydroxylation sites is 1. The van der Waals surface area contributed by atoms with E-state index in [4.69, 9.17) is 10.8 Å². The highest BCUT2D eigenvalue weighted by Crippen LogP contribution is 2.48. The van der Waals surface area contributed by atoms with Crippen LogP contribution in [0.25, 0.3) is 32.8 Å². The Balaban J connectivity index is 0.742. The molecule has 0 unspecified atom stereocenters. The lowest BCUT2D eigenvalue weighted by Crippen LogP contribution is -2.58. The Morgan fingerprint density at radius 1 is 0.870 bits per heavy atom. The summed E-state index contributed by atoms with van der Waals surface area (Å²) < 4.78 is 2.09. The van der Waals surface area contributed by atoms with Crippen LogP contribution in [0.4, 0.5) is 5.82 Å². The fraction of sp³-hybridized carbons (Fsp3) is 0.528. The van der Waals surface area contributed by atoms with Gasteiger partial charge in [0.05, 0.1) is 46.2 Å². The minimum Gasteiger partial charge on any atom is -0.507 e. The maximum atomic E-state index is 14.4. The van der Waals surface area contributed by atoms with E-state index < -0.39 is 23.6 Å². The van der Waals surface area contributed by atoms with Crippen LogP contribution in [-0.2, 0) is 14.4 Å². The number of nitrogens with one attached hydrogen (secondary N) is 2. The molecule has 0 bridgehead atoms. The third kappa shape index (κ3) is 10.4. The molecule has 5 heterocycles. The van der Waals surface area contributed by atoms with Gasteiger partial charge in [-0.25, -0.2) is 4.98 Å². The van der Waals surface area contributed by atoms with Crippen molar-refractivity contribution in [3.05, 3.63) is 83.8 Å². The van der Waals surface area contributed by atoms with Crippen LogP contribution in [0.3, 0.4) is 0 Å². The molecule has 0 radical (unpaired) electrons. The normalized spacial score (nSPS) is 23.1. The van der Waals surface area contributed by atoms with E-state index in [1.165, 1.54) is 30.6 Å². The SMILES string of the molecule is Cc1ncsc1-c1ccc([C@@H](C)NC(=O)[C@H]2C[C@H](O)CN2C(=O)[C@H](NC(=O)C2CCC(N3CCC4(CCC(n5cc(-c6cc(-c7ccccc7O)nnc6N)cn5)CC4)CC3)CC2)C(C)(C)C)cc1. The number of carbonyl (C=O) groups excluding carboxylic acids is 3. The fourth-order valence-corrected chi connectivity index (χ4v) is 12.3. The molecule has 4 fully saturated rings. The van der Waals surface area contributed by atoms with Crippen LogP contribution in [0.5, 0.6) is 5.75 Å². The van der Waals surface area contributed by atoms with E-state index >= 15 is 0 Å². The van der Waals surface area contributed by atoms with Crippen molar-refractivity contribution >= 4 is 34.9 Å². The van der Waals surface area contributed by atoms with Crippen molar-refractivity contribution in [2.24, 2.45) is 16.7 Å². The molecule has 2 saturated carbocycles. The highest BCUT2D eigenvalue weighted by Gasteiger charge is 2.46. The maximum absolute atomic E-state index is 14.4. The molecule has 15 nitrogen and oxygen atoms in total. The number of anilines is 1. The third-order valence-corrected chi connectivity index (χ3v) is 16.8. The molecule has 2 saturated heterocycles. The Morgan fingerprint density at radius 3 is 2.25 bits per heavy atom. The van der Waals surface area contributed by atoms with E-state index in [1.807, 2.05) is 88.8 Å². The minimum atomic E-state index is -0.853. The van der Waals surface area contributed by atoms with Crippen LogP contribution in [-0.4, -0.2) is 107 Å². The molecule has 3 amide bonds. The molecule has 2 aromatic carbocycles. The van der Waals surface area contributed by atoms with Crippen molar-refractivity contribution < 1.29 is 24.6 Å². The van der Waals surface area contributed by atoms with Crippen LogP contribution >= 0.6 is 11.3 Å². The first-order valence-corrected chi connectivity index (χ1v) is 25.7. The van der Waals surface area contributed by atoms with Gasteiger partial charge in [-0.3, -0.25) is 19.1 Å². The van der Waals surface area contributed by atoms with Gasteiger partial charge in [0, 0.05) is 47.8 Å². The summed E-state index contributed by atoms with van der Waals surface area (Å²) >= 11 is 1.59. The highest BCUT2D eigenvalue weighted by molar-refractivity contribution is 7.13. The molecule has 69 heavy (non-hydrogen) atoms. The Bertz CT molecular complexity index is 2620. The number of aromatic nitrogens is 5. The number of carbonyl (C=O) groups is 3. The lowest BCUT2D eigenvalue weighted by atomic mass is 9.66. The zero-order valence-corrected chi connectivity index (χ0v) is 41.4. The summed E-state index contributed by atoms with van der Waals surface area (Å²) in [5.74, 6) is -0.484. The van der Waals surface area contributed by atoms with Crippen molar-refractivity contribution in [3.63, 3.8) is 0 Å². The van der Waals surface area contributed by atoms with Crippen molar-refractivity contribution in [2.75, 3.05) is 25.4 Å². The number of nitrogen functional groups attached to an aromatic ring is 1. The summed E-state index contributed by atoms with van der Waals surface area (Å²) in [5.41, 5.74) is 13.6. The smallest absolute Gasteiger partial charge is 0.246 e. The van der Waals surface area contributed by atoms with Gasteiger partial charge < -0.3 is 36.4 Å². The number of hydrogen-bond acceptors (Lipinski definition) is 12. The summed E-state index contributed by atoms with van der Waals surface area (Å²) in [4.78, 5) is 51.8. The minimum absolute atomic E-state index is 0.0377. The summed E-state index contributed by atoms with van der Waals surface area (Å²) in [6, 6.07) is 15.7. The van der Waals surface area contributed by atoms with E-state index in [0.29, 0.717) is 34.6 Å². The van der Waals surface area contributed by atoms with E-state index in [-0.39, 0.29) is 48.4 Å². The quantitative estimate of drug-likeness (QED) is 0.0862. The second-order valence-corrected chi connectivity index (χ2v) is 22.2. The monoisotopic (exact) mass is 957 g/mol. The summed E-state index contributed by atoms with van der Waals surface area (Å²) in [7, 11) is 0. The Hall–Kier alpha value is -5.71. The first kappa shape index (κ1) is 48.3. The van der Waals surface area contributed by atoms with E-state index in [0.717, 1.165) is 84.4 Å². The number of nitrogens with zero attached hydrogens (tertiary/aromatic N) is 7. The molecule has 2 aliphatic heterocycles. The van der Waals surface area contributed by atoms with Gasteiger partial charge in [-0.15, -0.1) is 21.5 Å². The first-order chi connectivity index (χ1) is 33.1. The molecule has 4 atom stereocenters. The predicted octanol–water partition coefficient (Wildman–Crippen LogP) is 7.85. The number of aryl methyl sites for hydroxylation is 1. The van der Waals surface area contributed by atoms with Crippen LogP contribution < -0.4 is 16.4 Å². The number of benzene rings is 2. The number of likely N-dealkylation sites (tertiary alicyclic amines) is 2. The number of rotatable bonds is 11. The number of aliphatic hydroxyl groups excluding tert-OH is 1. The van der Waals surface area contributed by atoms with Crippen LogP contribution in [0.1, 0.15) is 122 Å². The van der Waals surface area contributed by atoms with Crippen molar-refractivity contribution in [2.45, 2.75) is 142 Å². The van der Waals surface area contributed by atoms with Gasteiger partial charge in [-0.05, 0) is 131 Å². The number of phenols is 1. The van der Waals surface area contributed by atoms with Crippen molar-refractivity contribution in [1.82, 2.24) is 45.4 Å². The number of nitrogens with two attached hydrogens (primary N) is 1.